The van der Waals surface area contributed by atoms with Gasteiger partial charge in [-0.3, -0.25) is 9.59 Å². The van der Waals surface area contributed by atoms with Crippen LogP contribution in [0.5, 0.6) is 11.5 Å². The smallest absolute Gasteiger partial charge is 0.253 e. The number of rotatable bonds is 6. The molecule has 176 valence electrons. The molecule has 0 bridgehead atoms. The summed E-state index contributed by atoms with van der Waals surface area (Å²) >= 11 is 0. The van der Waals surface area contributed by atoms with Crippen LogP contribution in [0.3, 0.4) is 0 Å². The van der Waals surface area contributed by atoms with Crippen LogP contribution in [-0.2, 0) is 10.2 Å². The monoisotopic (exact) mass is 451 g/mol. The van der Waals surface area contributed by atoms with Gasteiger partial charge in [-0.15, -0.1) is 0 Å². The molecule has 1 N–H and O–H groups in total. The van der Waals surface area contributed by atoms with Crippen molar-refractivity contribution in [3.05, 3.63) is 59.2 Å². The molecule has 7 heteroatoms. The summed E-state index contributed by atoms with van der Waals surface area (Å²) < 4.78 is 10.5. The molecule has 1 aliphatic rings. The Balaban J connectivity index is 1.50. The van der Waals surface area contributed by atoms with E-state index in [9.17, 15) is 9.59 Å². The summed E-state index contributed by atoms with van der Waals surface area (Å²) in [6.07, 6.45) is 2.85. The van der Waals surface area contributed by atoms with E-state index in [2.05, 4.69) is 43.4 Å². The van der Waals surface area contributed by atoms with Gasteiger partial charge in [0.15, 0.2) is 11.5 Å². The molecule has 1 saturated heterocycles. The molecule has 2 amide bonds. The summed E-state index contributed by atoms with van der Waals surface area (Å²) in [6, 6.07) is 13.3. The molecule has 1 aliphatic heterocycles. The second-order valence-electron chi connectivity index (χ2n) is 9.24. The van der Waals surface area contributed by atoms with E-state index in [-0.39, 0.29) is 23.1 Å². The fourth-order valence-corrected chi connectivity index (χ4v) is 3.83. The van der Waals surface area contributed by atoms with Gasteiger partial charge in [0, 0.05) is 24.6 Å². The zero-order valence-electron chi connectivity index (χ0n) is 20.1. The van der Waals surface area contributed by atoms with Gasteiger partial charge in [0.1, 0.15) is 0 Å². The van der Waals surface area contributed by atoms with Crippen molar-refractivity contribution in [1.29, 1.82) is 0 Å². The predicted octanol–water partition coefficient (Wildman–Crippen LogP) is 4.00. The SMILES string of the molecule is COc1ccc(C(=O)N2CCC(C(=O)N/N=C\c3ccc(C(C)(C)C)cc3)CC2)cc1OC. The van der Waals surface area contributed by atoms with Crippen molar-refractivity contribution in [1.82, 2.24) is 10.3 Å². The Kier molecular flexibility index (Phi) is 7.74. The number of ether oxygens (including phenoxy) is 2. The second-order valence-corrected chi connectivity index (χ2v) is 9.24. The first-order valence-corrected chi connectivity index (χ1v) is 11.2. The van der Waals surface area contributed by atoms with Gasteiger partial charge >= 0.3 is 0 Å². The lowest BCUT2D eigenvalue weighted by Crippen LogP contribution is -2.42. The quantitative estimate of drug-likeness (QED) is 0.532. The van der Waals surface area contributed by atoms with Crippen molar-refractivity contribution in [2.45, 2.75) is 39.0 Å². The van der Waals surface area contributed by atoms with Gasteiger partial charge in [-0.05, 0) is 47.6 Å². The molecular weight excluding hydrogens is 418 g/mol. The molecular formula is C26H33N3O4. The van der Waals surface area contributed by atoms with Crippen LogP contribution >= 0.6 is 0 Å². The van der Waals surface area contributed by atoms with E-state index in [0.29, 0.717) is 43.0 Å². The lowest BCUT2D eigenvalue weighted by molar-refractivity contribution is -0.126. The highest BCUT2D eigenvalue weighted by Gasteiger charge is 2.28. The van der Waals surface area contributed by atoms with E-state index in [1.807, 2.05) is 12.1 Å². The Morgan fingerprint density at radius 1 is 1.00 bits per heavy atom. The number of nitrogens with one attached hydrogen (secondary N) is 1. The Bertz CT molecular complexity index is 1000. The number of nitrogens with zero attached hydrogens (tertiary/aromatic N) is 2. The third kappa shape index (κ3) is 6.12. The zero-order valence-corrected chi connectivity index (χ0v) is 20.1. The van der Waals surface area contributed by atoms with Gasteiger partial charge in [-0.1, -0.05) is 45.0 Å². The van der Waals surface area contributed by atoms with Gasteiger partial charge < -0.3 is 14.4 Å². The van der Waals surface area contributed by atoms with Crippen molar-refractivity contribution in [3.8, 4) is 11.5 Å². The first kappa shape index (κ1) is 24.3. The van der Waals surface area contributed by atoms with Crippen LogP contribution in [0, 0.1) is 5.92 Å². The van der Waals surface area contributed by atoms with Gasteiger partial charge in [0.25, 0.3) is 5.91 Å². The maximum Gasteiger partial charge on any atom is 0.253 e. The molecule has 2 aromatic rings. The number of methoxy groups -OCH3 is 2. The molecule has 0 saturated carbocycles. The minimum absolute atomic E-state index is 0.0773. The minimum Gasteiger partial charge on any atom is -0.493 e. The van der Waals surface area contributed by atoms with E-state index >= 15 is 0 Å². The molecule has 7 nitrogen and oxygen atoms in total. The summed E-state index contributed by atoms with van der Waals surface area (Å²) in [5.74, 6) is 0.737. The third-order valence-electron chi connectivity index (χ3n) is 5.95. The number of carbonyl (C=O) groups excluding carboxylic acids is 2. The summed E-state index contributed by atoms with van der Waals surface area (Å²) in [4.78, 5) is 27.1. The van der Waals surface area contributed by atoms with E-state index in [0.717, 1.165) is 5.56 Å². The highest BCUT2D eigenvalue weighted by molar-refractivity contribution is 5.95. The Hall–Kier alpha value is -3.35. The Morgan fingerprint density at radius 3 is 2.21 bits per heavy atom. The number of likely N-dealkylation sites (tertiary alicyclic amines) is 1. The molecule has 0 aromatic heterocycles. The van der Waals surface area contributed by atoms with Gasteiger partial charge in [-0.2, -0.15) is 5.10 Å². The second kappa shape index (κ2) is 10.5. The number of amides is 2. The fourth-order valence-electron chi connectivity index (χ4n) is 3.83. The highest BCUT2D eigenvalue weighted by atomic mass is 16.5. The van der Waals surface area contributed by atoms with Crippen molar-refractivity contribution in [3.63, 3.8) is 0 Å². The van der Waals surface area contributed by atoms with Crippen LogP contribution in [-0.4, -0.2) is 50.2 Å². The largest absolute Gasteiger partial charge is 0.493 e. The van der Waals surface area contributed by atoms with E-state index < -0.39 is 0 Å². The molecule has 0 unspecified atom stereocenters. The predicted molar refractivity (Wildman–Crippen MR) is 129 cm³/mol. The van der Waals surface area contributed by atoms with Crippen molar-refractivity contribution in [2.24, 2.45) is 11.0 Å². The van der Waals surface area contributed by atoms with Crippen LogP contribution in [0.2, 0.25) is 0 Å². The van der Waals surface area contributed by atoms with Crippen molar-refractivity contribution >= 4 is 18.0 Å². The average molecular weight is 452 g/mol. The van der Waals surface area contributed by atoms with Crippen LogP contribution in [0.25, 0.3) is 0 Å². The molecule has 3 rings (SSSR count). The number of hydrazone groups is 1. The maximum atomic E-state index is 12.9. The van der Waals surface area contributed by atoms with E-state index in [1.54, 1.807) is 43.5 Å². The van der Waals surface area contributed by atoms with Gasteiger partial charge in [0.05, 0.1) is 20.4 Å². The van der Waals surface area contributed by atoms with Crippen LogP contribution in [0.4, 0.5) is 0 Å². The first-order valence-electron chi connectivity index (χ1n) is 11.2. The molecule has 0 radical (unpaired) electrons. The molecule has 33 heavy (non-hydrogen) atoms. The summed E-state index contributed by atoms with van der Waals surface area (Å²) in [7, 11) is 3.10. The van der Waals surface area contributed by atoms with Crippen molar-refractivity contribution < 1.29 is 19.1 Å². The summed E-state index contributed by atoms with van der Waals surface area (Å²) in [5, 5.41) is 4.11. The standard InChI is InChI=1S/C26H33N3O4/c1-26(2,3)21-9-6-18(7-10-21)17-27-28-24(30)19-12-14-29(15-13-19)25(31)20-8-11-22(32-4)23(16-20)33-5/h6-11,16-17,19H,12-15H2,1-5H3,(H,28,30)/b27-17-. The normalized spacial score (nSPS) is 14.9. The zero-order chi connectivity index (χ0) is 24.0. The van der Waals surface area contributed by atoms with E-state index in [1.165, 1.54) is 5.56 Å². The average Bonchev–Trinajstić information content (AvgIpc) is 2.83. The summed E-state index contributed by atoms with van der Waals surface area (Å²) in [6.45, 7) is 7.54. The molecule has 1 heterocycles. The summed E-state index contributed by atoms with van der Waals surface area (Å²) in [5.41, 5.74) is 5.46. The third-order valence-corrected chi connectivity index (χ3v) is 5.95. The molecule has 0 atom stereocenters. The number of carbonyl (C=O) groups is 2. The van der Waals surface area contributed by atoms with Crippen molar-refractivity contribution in [2.75, 3.05) is 27.3 Å². The highest BCUT2D eigenvalue weighted by Crippen LogP contribution is 2.29. The maximum absolute atomic E-state index is 12.9. The first-order chi connectivity index (χ1) is 15.7. The lowest BCUT2D eigenvalue weighted by Gasteiger charge is -2.31. The molecule has 1 fully saturated rings. The fraction of sp³-hybridized carbons (Fsp3) is 0.423. The molecule has 0 aliphatic carbocycles. The Morgan fingerprint density at radius 2 is 1.64 bits per heavy atom. The van der Waals surface area contributed by atoms with Crippen LogP contribution in [0.1, 0.15) is 55.1 Å². The van der Waals surface area contributed by atoms with Crippen LogP contribution < -0.4 is 14.9 Å². The molecule has 2 aromatic carbocycles. The topological polar surface area (TPSA) is 80.2 Å². The number of hydrogen-bond acceptors (Lipinski definition) is 5. The lowest BCUT2D eigenvalue weighted by atomic mass is 9.87. The van der Waals surface area contributed by atoms with Crippen LogP contribution in [0.15, 0.2) is 47.6 Å². The minimum atomic E-state index is -0.167. The molecule has 0 spiro atoms. The van der Waals surface area contributed by atoms with E-state index in [4.69, 9.17) is 9.47 Å². The van der Waals surface area contributed by atoms with Gasteiger partial charge in [0.2, 0.25) is 5.91 Å². The Labute approximate surface area is 195 Å². The van der Waals surface area contributed by atoms with Gasteiger partial charge in [-0.25, -0.2) is 5.43 Å². The number of benzene rings is 2. The number of piperidine rings is 1. The number of hydrogen-bond donors (Lipinski definition) is 1.